The molecule has 13 heteroatoms. The van der Waals surface area contributed by atoms with Gasteiger partial charge < -0.3 is 22.2 Å². The van der Waals surface area contributed by atoms with Crippen LogP contribution in [0, 0.1) is 0 Å². The van der Waals surface area contributed by atoms with Gasteiger partial charge in [0.1, 0.15) is 11.5 Å². The maximum Gasteiger partial charge on any atom is 0.416 e. The van der Waals surface area contributed by atoms with Crippen LogP contribution >= 0.6 is 0 Å². The number of aromatic nitrogens is 3. The molecule has 4 rings (SSSR count). The van der Waals surface area contributed by atoms with Gasteiger partial charge in [-0.15, -0.1) is 0 Å². The highest BCUT2D eigenvalue weighted by Crippen LogP contribution is 2.34. The zero-order chi connectivity index (χ0) is 35.6. The SMILES string of the molecule is CCCC(c1ccc(-n2cc3cc(-c4cc(CCCC(C)N)cc(C(F)(F)F)c4)[nH]c3nc2=O)cc1)N(CCCF)CCCN=C(N)CN. The van der Waals surface area contributed by atoms with Crippen molar-refractivity contribution < 1.29 is 17.6 Å². The van der Waals surface area contributed by atoms with Gasteiger partial charge in [0, 0.05) is 49.0 Å². The van der Waals surface area contributed by atoms with E-state index in [1.165, 1.54) is 10.6 Å². The average molecular weight is 685 g/mol. The lowest BCUT2D eigenvalue weighted by Crippen LogP contribution is -2.32. The summed E-state index contributed by atoms with van der Waals surface area (Å²) < 4.78 is 56.1. The number of amidine groups is 1. The van der Waals surface area contributed by atoms with E-state index in [-0.39, 0.29) is 24.3 Å². The summed E-state index contributed by atoms with van der Waals surface area (Å²) in [6.07, 6.45) is 1.91. The highest BCUT2D eigenvalue weighted by atomic mass is 19.4. The maximum absolute atomic E-state index is 13.8. The lowest BCUT2D eigenvalue weighted by atomic mass is 9.99. The van der Waals surface area contributed by atoms with Crippen molar-refractivity contribution >= 4 is 16.9 Å². The van der Waals surface area contributed by atoms with Crippen LogP contribution in [0.15, 0.2) is 64.5 Å². The number of benzene rings is 2. The minimum absolute atomic E-state index is 0.0351. The van der Waals surface area contributed by atoms with Crippen molar-refractivity contribution in [1.82, 2.24) is 19.4 Å². The molecule has 7 N–H and O–H groups in total. The average Bonchev–Trinajstić information content (AvgIpc) is 3.49. The largest absolute Gasteiger partial charge is 0.416 e. The third kappa shape index (κ3) is 10.5. The van der Waals surface area contributed by atoms with Crippen LogP contribution in [0.2, 0.25) is 0 Å². The van der Waals surface area contributed by atoms with Crippen LogP contribution in [-0.4, -0.2) is 64.2 Å². The number of hydrogen-bond acceptors (Lipinski definition) is 6. The van der Waals surface area contributed by atoms with Crippen LogP contribution in [0.1, 0.15) is 75.1 Å². The van der Waals surface area contributed by atoms with Gasteiger partial charge in [0.15, 0.2) is 0 Å². The standard InChI is InChI=1S/C36H48F4N8O/c1-3-7-32(47(16-5-14-37)17-6-15-44-33(43)22-41)26-10-12-30(13-11-26)48-23-28-21-31(45-34(28)46-35(48)49)27-18-25(9-4-8-24(2)42)19-29(20-27)36(38,39)40/h10-13,18-21,23-24,32H,3-9,14-17,22,41-42H2,1-2H3,(H2,43,44)(H,45,46,49). The predicted octanol–water partition coefficient (Wildman–Crippen LogP) is 6.28. The summed E-state index contributed by atoms with van der Waals surface area (Å²) in [7, 11) is 0. The summed E-state index contributed by atoms with van der Waals surface area (Å²) in [5, 5.41) is 0.578. The Morgan fingerprint density at radius 3 is 2.45 bits per heavy atom. The van der Waals surface area contributed by atoms with Crippen LogP contribution in [0.5, 0.6) is 0 Å². The molecule has 266 valence electrons. The van der Waals surface area contributed by atoms with Crippen LogP contribution in [0.25, 0.3) is 28.0 Å². The van der Waals surface area contributed by atoms with Gasteiger partial charge in [-0.3, -0.25) is 18.8 Å². The van der Waals surface area contributed by atoms with Gasteiger partial charge in [0.05, 0.1) is 24.5 Å². The Kier molecular flexibility index (Phi) is 13.5. The Morgan fingerprint density at radius 2 is 1.80 bits per heavy atom. The number of nitrogens with two attached hydrogens (primary N) is 3. The Labute approximate surface area is 284 Å². The van der Waals surface area contributed by atoms with Crippen LogP contribution in [0.4, 0.5) is 17.6 Å². The van der Waals surface area contributed by atoms with Gasteiger partial charge >= 0.3 is 11.9 Å². The molecule has 9 nitrogen and oxygen atoms in total. The van der Waals surface area contributed by atoms with Crippen molar-refractivity contribution in [2.45, 2.75) is 77.1 Å². The molecule has 49 heavy (non-hydrogen) atoms. The summed E-state index contributed by atoms with van der Waals surface area (Å²) in [4.78, 5) is 27.0. The van der Waals surface area contributed by atoms with Crippen LogP contribution in [0.3, 0.4) is 0 Å². The molecule has 0 aliphatic rings. The van der Waals surface area contributed by atoms with E-state index in [0.717, 1.165) is 30.9 Å². The first-order chi connectivity index (χ1) is 23.4. The number of nitrogens with zero attached hydrogens (tertiary/aromatic N) is 4. The molecule has 0 saturated heterocycles. The van der Waals surface area contributed by atoms with Crippen molar-refractivity contribution in [1.29, 1.82) is 0 Å². The molecule has 0 spiro atoms. The number of aryl methyl sites for hydroxylation is 1. The normalized spacial score (nSPS) is 13.8. The van der Waals surface area contributed by atoms with E-state index in [9.17, 15) is 22.4 Å². The number of fused-ring (bicyclic) bond motifs is 1. The smallest absolute Gasteiger partial charge is 0.386 e. The number of alkyl halides is 4. The lowest BCUT2D eigenvalue weighted by Gasteiger charge is -2.32. The first-order valence-electron chi connectivity index (χ1n) is 16.9. The van der Waals surface area contributed by atoms with E-state index >= 15 is 0 Å². The van der Waals surface area contributed by atoms with Crippen molar-refractivity contribution in [3.8, 4) is 16.9 Å². The van der Waals surface area contributed by atoms with Crippen molar-refractivity contribution in [3.05, 3.63) is 81.9 Å². The molecule has 2 aromatic heterocycles. The predicted molar refractivity (Wildman–Crippen MR) is 189 cm³/mol. The molecule has 2 heterocycles. The molecule has 2 atom stereocenters. The number of nitrogens with one attached hydrogen (secondary N) is 1. The highest BCUT2D eigenvalue weighted by Gasteiger charge is 2.31. The summed E-state index contributed by atoms with van der Waals surface area (Å²) in [6.45, 7) is 5.62. The molecule has 0 bridgehead atoms. The lowest BCUT2D eigenvalue weighted by molar-refractivity contribution is -0.137. The van der Waals surface area contributed by atoms with Crippen molar-refractivity contribution in [3.63, 3.8) is 0 Å². The summed E-state index contributed by atoms with van der Waals surface area (Å²) >= 11 is 0. The van der Waals surface area contributed by atoms with Gasteiger partial charge in [-0.05, 0) is 98.5 Å². The van der Waals surface area contributed by atoms with E-state index < -0.39 is 24.1 Å². The molecule has 0 saturated carbocycles. The molecule has 0 aliphatic heterocycles. The molecular formula is C36H48F4N8O. The Bertz CT molecular complexity index is 1730. The second-order valence-corrected chi connectivity index (χ2v) is 12.6. The first kappa shape index (κ1) is 37.7. The Morgan fingerprint density at radius 1 is 1.06 bits per heavy atom. The number of H-pyrrole nitrogens is 1. The molecule has 0 aliphatic carbocycles. The molecule has 0 radical (unpaired) electrons. The number of aliphatic imine (C=N–C) groups is 1. The van der Waals surface area contributed by atoms with E-state index in [0.29, 0.717) is 79.0 Å². The summed E-state index contributed by atoms with van der Waals surface area (Å²) in [5.74, 6) is 0.406. The highest BCUT2D eigenvalue weighted by molar-refractivity contribution is 5.83. The second-order valence-electron chi connectivity index (χ2n) is 12.6. The van der Waals surface area contributed by atoms with E-state index in [4.69, 9.17) is 17.2 Å². The third-order valence-electron chi connectivity index (χ3n) is 8.53. The minimum atomic E-state index is -4.51. The zero-order valence-corrected chi connectivity index (χ0v) is 28.3. The molecule has 4 aromatic rings. The number of hydrogen-bond donors (Lipinski definition) is 4. The maximum atomic E-state index is 13.8. The van der Waals surface area contributed by atoms with Crippen LogP contribution in [-0.2, 0) is 12.6 Å². The molecule has 2 unspecified atom stereocenters. The van der Waals surface area contributed by atoms with Crippen molar-refractivity contribution in [2.75, 3.05) is 32.9 Å². The Balaban J connectivity index is 1.61. The van der Waals surface area contributed by atoms with Gasteiger partial charge in [0.25, 0.3) is 0 Å². The molecular weight excluding hydrogens is 636 g/mol. The fourth-order valence-electron chi connectivity index (χ4n) is 6.06. The number of rotatable bonds is 18. The van der Waals surface area contributed by atoms with E-state index in [1.807, 2.05) is 31.2 Å². The summed E-state index contributed by atoms with van der Waals surface area (Å²) in [6, 6.07) is 13.4. The van der Waals surface area contributed by atoms with Gasteiger partial charge in [0.2, 0.25) is 0 Å². The van der Waals surface area contributed by atoms with Gasteiger partial charge in [-0.2, -0.15) is 18.2 Å². The molecule has 0 amide bonds. The third-order valence-corrected chi connectivity index (χ3v) is 8.53. The number of halogens is 4. The second kappa shape index (κ2) is 17.5. The summed E-state index contributed by atoms with van der Waals surface area (Å²) in [5.41, 5.74) is 19.1. The van der Waals surface area contributed by atoms with Gasteiger partial charge in [-0.25, -0.2) is 4.79 Å². The van der Waals surface area contributed by atoms with Crippen LogP contribution < -0.4 is 22.9 Å². The minimum Gasteiger partial charge on any atom is -0.386 e. The van der Waals surface area contributed by atoms with Gasteiger partial charge in [-0.1, -0.05) is 25.5 Å². The molecule has 2 aromatic carbocycles. The number of aromatic amines is 1. The zero-order valence-electron chi connectivity index (χ0n) is 28.3. The fraction of sp³-hybridized carbons (Fsp3) is 0.472. The molecule has 0 fully saturated rings. The van der Waals surface area contributed by atoms with E-state index in [1.54, 1.807) is 18.3 Å². The fourth-order valence-corrected chi connectivity index (χ4v) is 6.06. The quantitative estimate of drug-likeness (QED) is 0.0421. The van der Waals surface area contributed by atoms with Crippen molar-refractivity contribution in [2.24, 2.45) is 22.2 Å². The Hall–Kier alpha value is -4.07. The topological polar surface area (TPSA) is 144 Å². The monoisotopic (exact) mass is 684 g/mol. The van der Waals surface area contributed by atoms with E-state index in [2.05, 4.69) is 26.8 Å². The first-order valence-corrected chi connectivity index (χ1v) is 16.9.